The number of benzene rings is 1. The first kappa shape index (κ1) is 16.1. The van der Waals surface area contributed by atoms with Crippen molar-refractivity contribution in [2.24, 2.45) is 5.10 Å². The van der Waals surface area contributed by atoms with E-state index in [1.54, 1.807) is 0 Å². The molecule has 6 heteroatoms. The fourth-order valence-corrected chi connectivity index (χ4v) is 3.80. The highest BCUT2D eigenvalue weighted by molar-refractivity contribution is 8.00. The predicted molar refractivity (Wildman–Crippen MR) is 97.4 cm³/mol. The summed E-state index contributed by atoms with van der Waals surface area (Å²) in [6.45, 7) is 7.62. The van der Waals surface area contributed by atoms with Crippen LogP contribution in [0.1, 0.15) is 29.8 Å². The summed E-state index contributed by atoms with van der Waals surface area (Å²) in [5, 5.41) is 5.31. The number of carbonyl (C=O) groups is 1. The van der Waals surface area contributed by atoms with E-state index in [9.17, 15) is 4.79 Å². The van der Waals surface area contributed by atoms with Gasteiger partial charge in [-0.2, -0.15) is 16.9 Å². The second-order valence-electron chi connectivity index (χ2n) is 5.51. The highest BCUT2D eigenvalue weighted by Gasteiger charge is 2.20. The van der Waals surface area contributed by atoms with Gasteiger partial charge in [0.1, 0.15) is 0 Å². The van der Waals surface area contributed by atoms with Crippen LogP contribution in [0.15, 0.2) is 29.5 Å². The van der Waals surface area contributed by atoms with Gasteiger partial charge in [0.05, 0.1) is 11.3 Å². The van der Waals surface area contributed by atoms with Crippen LogP contribution in [0.5, 0.6) is 0 Å². The van der Waals surface area contributed by atoms with Gasteiger partial charge < -0.3 is 9.88 Å². The number of hydrogen-bond acceptors (Lipinski definition) is 4. The summed E-state index contributed by atoms with van der Waals surface area (Å²) in [5.74, 6) is 1.71. The molecular formula is C17H22N4OS. The van der Waals surface area contributed by atoms with E-state index in [1.807, 2.05) is 36.2 Å². The largest absolute Gasteiger partial charge is 0.360 e. The number of aromatic nitrogens is 1. The SMILES string of the molecule is CCN(CC)CCSCC1=NNC(=O)c2cccc3[nH]cc1c23. The summed E-state index contributed by atoms with van der Waals surface area (Å²) in [5.41, 5.74) is 6.30. The van der Waals surface area contributed by atoms with E-state index >= 15 is 0 Å². The zero-order valence-electron chi connectivity index (χ0n) is 13.6. The molecule has 3 rings (SSSR count). The molecule has 0 saturated heterocycles. The maximum atomic E-state index is 12.2. The van der Waals surface area contributed by atoms with Crippen LogP contribution < -0.4 is 5.43 Å². The summed E-state index contributed by atoms with van der Waals surface area (Å²) in [6, 6.07) is 5.73. The summed E-state index contributed by atoms with van der Waals surface area (Å²) in [7, 11) is 0. The van der Waals surface area contributed by atoms with Crippen molar-refractivity contribution >= 4 is 34.3 Å². The van der Waals surface area contributed by atoms with Gasteiger partial charge in [0, 0.05) is 40.7 Å². The predicted octanol–water partition coefficient (Wildman–Crippen LogP) is 2.69. The van der Waals surface area contributed by atoms with Crippen molar-refractivity contribution < 1.29 is 4.79 Å². The lowest BCUT2D eigenvalue weighted by Gasteiger charge is -2.17. The number of hydrogen-bond donors (Lipinski definition) is 2. The Morgan fingerprint density at radius 2 is 2.04 bits per heavy atom. The van der Waals surface area contributed by atoms with Crippen LogP contribution in [-0.4, -0.2) is 52.6 Å². The van der Waals surface area contributed by atoms with Crippen LogP contribution in [0, 0.1) is 0 Å². The number of rotatable bonds is 7. The second kappa shape index (κ2) is 7.19. The number of thioether (sulfide) groups is 1. The minimum atomic E-state index is -0.139. The van der Waals surface area contributed by atoms with Gasteiger partial charge in [0.25, 0.3) is 5.91 Å². The molecule has 1 aliphatic heterocycles. The van der Waals surface area contributed by atoms with Crippen molar-refractivity contribution in [3.05, 3.63) is 35.5 Å². The van der Waals surface area contributed by atoms with Gasteiger partial charge >= 0.3 is 0 Å². The molecule has 0 fully saturated rings. The first-order valence-corrected chi connectivity index (χ1v) is 9.17. The number of H-pyrrole nitrogens is 1. The first-order valence-electron chi connectivity index (χ1n) is 8.02. The second-order valence-corrected chi connectivity index (χ2v) is 6.61. The quantitative estimate of drug-likeness (QED) is 0.767. The molecule has 0 spiro atoms. The van der Waals surface area contributed by atoms with E-state index in [1.165, 1.54) is 0 Å². The average Bonchev–Trinajstić information content (AvgIpc) is 2.95. The van der Waals surface area contributed by atoms with Crippen LogP contribution in [0.25, 0.3) is 10.9 Å². The van der Waals surface area contributed by atoms with E-state index in [-0.39, 0.29) is 5.91 Å². The number of carbonyl (C=O) groups excluding carboxylic acids is 1. The maximum Gasteiger partial charge on any atom is 0.272 e. The fraction of sp³-hybridized carbons (Fsp3) is 0.412. The normalized spacial score (nSPS) is 14.0. The smallest absolute Gasteiger partial charge is 0.272 e. The number of aromatic amines is 1. The Labute approximate surface area is 140 Å². The van der Waals surface area contributed by atoms with Gasteiger partial charge in [-0.3, -0.25) is 4.79 Å². The molecule has 0 atom stereocenters. The van der Waals surface area contributed by atoms with E-state index in [4.69, 9.17) is 0 Å². The van der Waals surface area contributed by atoms with Gasteiger partial charge in [-0.1, -0.05) is 19.9 Å². The summed E-state index contributed by atoms with van der Waals surface area (Å²) in [4.78, 5) is 17.8. The van der Waals surface area contributed by atoms with E-state index < -0.39 is 0 Å². The molecule has 122 valence electrons. The van der Waals surface area contributed by atoms with Crippen molar-refractivity contribution in [2.75, 3.05) is 31.1 Å². The Hall–Kier alpha value is -1.79. The molecule has 0 saturated carbocycles. The zero-order valence-corrected chi connectivity index (χ0v) is 14.4. The van der Waals surface area contributed by atoms with Gasteiger partial charge in [-0.05, 0) is 25.2 Å². The Bertz CT molecular complexity index is 733. The molecule has 1 amide bonds. The van der Waals surface area contributed by atoms with E-state index in [0.29, 0.717) is 5.56 Å². The van der Waals surface area contributed by atoms with Crippen molar-refractivity contribution in [3.8, 4) is 0 Å². The van der Waals surface area contributed by atoms with Gasteiger partial charge in [0.15, 0.2) is 0 Å². The van der Waals surface area contributed by atoms with Crippen LogP contribution in [-0.2, 0) is 0 Å². The highest BCUT2D eigenvalue weighted by atomic mass is 32.2. The average molecular weight is 330 g/mol. The van der Waals surface area contributed by atoms with E-state index in [2.05, 4.69) is 34.3 Å². The lowest BCUT2D eigenvalue weighted by molar-refractivity contribution is 0.0957. The maximum absolute atomic E-state index is 12.2. The summed E-state index contributed by atoms with van der Waals surface area (Å²) >= 11 is 1.85. The van der Waals surface area contributed by atoms with E-state index in [0.717, 1.165) is 53.3 Å². The minimum Gasteiger partial charge on any atom is -0.360 e. The molecule has 2 N–H and O–H groups in total. The molecule has 23 heavy (non-hydrogen) atoms. The number of nitrogens with zero attached hydrogens (tertiary/aromatic N) is 2. The topological polar surface area (TPSA) is 60.5 Å². The Morgan fingerprint density at radius 1 is 1.22 bits per heavy atom. The van der Waals surface area contributed by atoms with Gasteiger partial charge in [-0.15, -0.1) is 0 Å². The monoisotopic (exact) mass is 330 g/mol. The third kappa shape index (κ3) is 3.28. The molecule has 0 bridgehead atoms. The van der Waals surface area contributed by atoms with Crippen molar-refractivity contribution in [1.82, 2.24) is 15.3 Å². The number of amides is 1. The van der Waals surface area contributed by atoms with Gasteiger partial charge in [-0.25, -0.2) is 5.43 Å². The molecule has 1 aromatic heterocycles. The van der Waals surface area contributed by atoms with Gasteiger partial charge in [0.2, 0.25) is 0 Å². The lowest BCUT2D eigenvalue weighted by atomic mass is 10.0. The molecule has 0 unspecified atom stereocenters. The molecule has 5 nitrogen and oxygen atoms in total. The molecule has 1 aliphatic rings. The van der Waals surface area contributed by atoms with Crippen LogP contribution in [0.3, 0.4) is 0 Å². The third-order valence-electron chi connectivity index (χ3n) is 4.24. The Balaban J connectivity index is 1.74. The summed E-state index contributed by atoms with van der Waals surface area (Å²) in [6.07, 6.45) is 1.96. The molecule has 1 aromatic carbocycles. The van der Waals surface area contributed by atoms with Crippen molar-refractivity contribution in [2.45, 2.75) is 13.8 Å². The standard InChI is InChI=1S/C17H22N4OS/c1-3-21(4-2)8-9-23-11-15-13-10-18-14-7-5-6-12(16(13)14)17(22)20-19-15/h5-7,10,18H,3-4,8-9,11H2,1-2H3,(H,20,22). The van der Waals surface area contributed by atoms with Crippen molar-refractivity contribution in [3.63, 3.8) is 0 Å². The van der Waals surface area contributed by atoms with Crippen LogP contribution >= 0.6 is 11.8 Å². The Kier molecular flexibility index (Phi) is 5.03. The third-order valence-corrected chi connectivity index (χ3v) is 5.19. The molecule has 0 aliphatic carbocycles. The number of nitrogens with one attached hydrogen (secondary N) is 2. The number of hydrazone groups is 1. The molecular weight excluding hydrogens is 308 g/mol. The molecule has 2 heterocycles. The zero-order chi connectivity index (χ0) is 16.2. The highest BCUT2D eigenvalue weighted by Crippen LogP contribution is 2.26. The Morgan fingerprint density at radius 3 is 2.83 bits per heavy atom. The van der Waals surface area contributed by atoms with Crippen LogP contribution in [0.2, 0.25) is 0 Å². The molecule has 0 radical (unpaired) electrons. The summed E-state index contributed by atoms with van der Waals surface area (Å²) < 4.78 is 0. The lowest BCUT2D eigenvalue weighted by Crippen LogP contribution is -2.25. The minimum absolute atomic E-state index is 0.139. The molecule has 2 aromatic rings. The van der Waals surface area contributed by atoms with Crippen LogP contribution in [0.4, 0.5) is 0 Å². The van der Waals surface area contributed by atoms with Crippen molar-refractivity contribution in [1.29, 1.82) is 0 Å². The first-order chi connectivity index (χ1) is 11.2. The fourth-order valence-electron chi connectivity index (χ4n) is 2.85.